The number of guanidine groups is 1. The maximum atomic E-state index is 4.72. The van der Waals surface area contributed by atoms with Crippen LogP contribution in [0.15, 0.2) is 4.99 Å². The van der Waals surface area contributed by atoms with E-state index in [-0.39, 0.29) is 0 Å². The van der Waals surface area contributed by atoms with Gasteiger partial charge in [-0.1, -0.05) is 6.92 Å². The molecule has 1 saturated heterocycles. The van der Waals surface area contributed by atoms with Gasteiger partial charge in [-0.3, -0.25) is 4.99 Å². The van der Waals surface area contributed by atoms with Crippen molar-refractivity contribution in [3.05, 3.63) is 0 Å². The van der Waals surface area contributed by atoms with Gasteiger partial charge in [0.25, 0.3) is 0 Å². The van der Waals surface area contributed by atoms with Gasteiger partial charge < -0.3 is 15.5 Å². The number of aliphatic imine (C=N–C) groups is 1. The molecule has 1 unspecified atom stereocenters. The molecule has 19 heavy (non-hydrogen) atoms. The lowest BCUT2D eigenvalue weighted by atomic mass is 10.2. The monoisotopic (exact) mass is 266 g/mol. The lowest BCUT2D eigenvalue weighted by Crippen LogP contribution is -2.39. The molecular formula is C15H30N4. The van der Waals surface area contributed by atoms with Crippen molar-refractivity contribution < 1.29 is 0 Å². The molecule has 2 aliphatic rings. The third-order valence-corrected chi connectivity index (χ3v) is 3.93. The first-order chi connectivity index (χ1) is 9.28. The zero-order chi connectivity index (χ0) is 13.5. The van der Waals surface area contributed by atoms with Crippen LogP contribution >= 0.6 is 0 Å². The summed E-state index contributed by atoms with van der Waals surface area (Å²) < 4.78 is 0. The summed E-state index contributed by atoms with van der Waals surface area (Å²) >= 11 is 0. The Labute approximate surface area is 118 Å². The van der Waals surface area contributed by atoms with E-state index in [9.17, 15) is 0 Å². The number of likely N-dealkylation sites (tertiary alicyclic amines) is 1. The Morgan fingerprint density at radius 1 is 1.26 bits per heavy atom. The highest BCUT2D eigenvalue weighted by Crippen LogP contribution is 2.27. The maximum absolute atomic E-state index is 4.72. The van der Waals surface area contributed by atoms with E-state index in [0.29, 0.717) is 5.92 Å². The Bertz CT molecular complexity index is 280. The molecule has 1 aliphatic heterocycles. The van der Waals surface area contributed by atoms with E-state index in [2.05, 4.69) is 29.4 Å². The van der Waals surface area contributed by atoms with Gasteiger partial charge in [-0.2, -0.15) is 0 Å². The standard InChI is InChI=1S/C15H30N4/c1-3-16-15(18-11-14-6-7-14)17-10-13(2)12-19-8-4-5-9-19/h13-14H,3-12H2,1-2H3,(H2,16,17,18). The van der Waals surface area contributed by atoms with E-state index < -0.39 is 0 Å². The first-order valence-electron chi connectivity index (χ1n) is 8.02. The molecule has 1 saturated carbocycles. The van der Waals surface area contributed by atoms with E-state index in [0.717, 1.165) is 31.5 Å². The molecule has 1 aliphatic carbocycles. The molecule has 2 rings (SSSR count). The third kappa shape index (κ3) is 5.81. The van der Waals surface area contributed by atoms with Gasteiger partial charge in [-0.05, 0) is 57.5 Å². The van der Waals surface area contributed by atoms with Crippen LogP contribution in [0.3, 0.4) is 0 Å². The van der Waals surface area contributed by atoms with Crippen molar-refractivity contribution >= 4 is 5.96 Å². The SMILES string of the molecule is CCNC(=NCC(C)CN1CCCC1)NCC1CC1. The van der Waals surface area contributed by atoms with Crippen LogP contribution in [0.4, 0.5) is 0 Å². The summed E-state index contributed by atoms with van der Waals surface area (Å²) in [7, 11) is 0. The van der Waals surface area contributed by atoms with Crippen molar-refractivity contribution in [1.29, 1.82) is 0 Å². The zero-order valence-corrected chi connectivity index (χ0v) is 12.6. The second-order valence-electron chi connectivity index (χ2n) is 6.16. The van der Waals surface area contributed by atoms with Crippen LogP contribution in [-0.2, 0) is 0 Å². The van der Waals surface area contributed by atoms with Crippen LogP contribution < -0.4 is 10.6 Å². The summed E-state index contributed by atoms with van der Waals surface area (Å²) in [6.07, 6.45) is 5.53. The van der Waals surface area contributed by atoms with Crippen molar-refractivity contribution in [3.63, 3.8) is 0 Å². The average Bonchev–Trinajstić information content (AvgIpc) is 3.09. The topological polar surface area (TPSA) is 39.7 Å². The Kier molecular flexibility index (Phi) is 5.95. The molecule has 0 aromatic rings. The van der Waals surface area contributed by atoms with E-state index in [1.165, 1.54) is 45.3 Å². The Morgan fingerprint density at radius 3 is 2.63 bits per heavy atom. The molecule has 2 N–H and O–H groups in total. The fourth-order valence-electron chi connectivity index (χ4n) is 2.62. The minimum Gasteiger partial charge on any atom is -0.357 e. The van der Waals surface area contributed by atoms with E-state index in [4.69, 9.17) is 4.99 Å². The van der Waals surface area contributed by atoms with Crippen molar-refractivity contribution in [2.24, 2.45) is 16.8 Å². The van der Waals surface area contributed by atoms with Crippen molar-refractivity contribution in [1.82, 2.24) is 15.5 Å². The summed E-state index contributed by atoms with van der Waals surface area (Å²) in [4.78, 5) is 7.30. The number of hydrogen-bond donors (Lipinski definition) is 2. The second-order valence-corrected chi connectivity index (χ2v) is 6.16. The van der Waals surface area contributed by atoms with E-state index in [1.807, 2.05) is 0 Å². The highest BCUT2D eigenvalue weighted by molar-refractivity contribution is 5.79. The Hall–Kier alpha value is -0.770. The lowest BCUT2D eigenvalue weighted by Gasteiger charge is -2.19. The molecule has 0 aromatic carbocycles. The van der Waals surface area contributed by atoms with Gasteiger partial charge >= 0.3 is 0 Å². The maximum Gasteiger partial charge on any atom is 0.191 e. The number of hydrogen-bond acceptors (Lipinski definition) is 2. The molecule has 1 atom stereocenters. The molecule has 0 spiro atoms. The fraction of sp³-hybridized carbons (Fsp3) is 0.933. The normalized spacial score (nSPS) is 22.5. The van der Waals surface area contributed by atoms with Crippen LogP contribution in [0, 0.1) is 11.8 Å². The van der Waals surface area contributed by atoms with Gasteiger partial charge in [0.15, 0.2) is 5.96 Å². The molecule has 110 valence electrons. The van der Waals surface area contributed by atoms with E-state index >= 15 is 0 Å². The highest BCUT2D eigenvalue weighted by Gasteiger charge is 2.21. The predicted octanol–water partition coefficient (Wildman–Crippen LogP) is 1.68. The van der Waals surface area contributed by atoms with Crippen molar-refractivity contribution in [2.45, 2.75) is 39.5 Å². The zero-order valence-electron chi connectivity index (χ0n) is 12.6. The van der Waals surface area contributed by atoms with Gasteiger partial charge in [0.05, 0.1) is 0 Å². The van der Waals surface area contributed by atoms with Crippen LogP contribution in [0.1, 0.15) is 39.5 Å². The first kappa shape index (κ1) is 14.6. The largest absolute Gasteiger partial charge is 0.357 e. The van der Waals surface area contributed by atoms with Gasteiger partial charge in [0.1, 0.15) is 0 Å². The summed E-state index contributed by atoms with van der Waals surface area (Å²) in [5.41, 5.74) is 0. The summed E-state index contributed by atoms with van der Waals surface area (Å²) in [6, 6.07) is 0. The first-order valence-corrected chi connectivity index (χ1v) is 8.02. The lowest BCUT2D eigenvalue weighted by molar-refractivity contribution is 0.291. The van der Waals surface area contributed by atoms with Crippen LogP contribution in [0.5, 0.6) is 0 Å². The summed E-state index contributed by atoms with van der Waals surface area (Å²) in [5.74, 6) is 2.54. The summed E-state index contributed by atoms with van der Waals surface area (Å²) in [5, 5.41) is 6.80. The molecule has 0 radical (unpaired) electrons. The molecular weight excluding hydrogens is 236 g/mol. The number of nitrogens with zero attached hydrogens (tertiary/aromatic N) is 2. The van der Waals surface area contributed by atoms with E-state index in [1.54, 1.807) is 0 Å². The van der Waals surface area contributed by atoms with Crippen LogP contribution in [0.25, 0.3) is 0 Å². The van der Waals surface area contributed by atoms with Gasteiger partial charge in [0.2, 0.25) is 0 Å². The minimum absolute atomic E-state index is 0.648. The quantitative estimate of drug-likeness (QED) is 0.544. The molecule has 0 aromatic heterocycles. The third-order valence-electron chi connectivity index (χ3n) is 3.93. The van der Waals surface area contributed by atoms with Crippen molar-refractivity contribution in [3.8, 4) is 0 Å². The van der Waals surface area contributed by atoms with Crippen molar-refractivity contribution in [2.75, 3.05) is 39.3 Å². The van der Waals surface area contributed by atoms with Crippen LogP contribution in [-0.4, -0.2) is 50.1 Å². The molecule has 0 amide bonds. The van der Waals surface area contributed by atoms with Gasteiger partial charge in [0, 0.05) is 26.2 Å². The van der Waals surface area contributed by atoms with Crippen LogP contribution in [0.2, 0.25) is 0 Å². The molecule has 4 heteroatoms. The van der Waals surface area contributed by atoms with Gasteiger partial charge in [-0.15, -0.1) is 0 Å². The highest BCUT2D eigenvalue weighted by atomic mass is 15.2. The minimum atomic E-state index is 0.648. The molecule has 1 heterocycles. The Balaban J connectivity index is 1.68. The smallest absolute Gasteiger partial charge is 0.191 e. The average molecular weight is 266 g/mol. The molecule has 2 fully saturated rings. The molecule has 4 nitrogen and oxygen atoms in total. The second kappa shape index (κ2) is 7.73. The molecule has 0 bridgehead atoms. The van der Waals surface area contributed by atoms with Gasteiger partial charge in [-0.25, -0.2) is 0 Å². The Morgan fingerprint density at radius 2 is 2.00 bits per heavy atom. The summed E-state index contributed by atoms with van der Waals surface area (Å²) in [6.45, 7) is 11.2. The number of rotatable bonds is 7. The predicted molar refractivity (Wildman–Crippen MR) is 81.5 cm³/mol. The fourth-order valence-corrected chi connectivity index (χ4v) is 2.62. The number of nitrogens with one attached hydrogen (secondary N) is 2.